The van der Waals surface area contributed by atoms with Gasteiger partial charge in [-0.25, -0.2) is 4.79 Å². The van der Waals surface area contributed by atoms with Gasteiger partial charge in [-0.1, -0.05) is 5.16 Å². The number of anilines is 2. The van der Waals surface area contributed by atoms with E-state index in [1.807, 2.05) is 6.07 Å². The Morgan fingerprint density at radius 2 is 2.06 bits per heavy atom. The Hall–Kier alpha value is -2.81. The Labute approximate surface area is 103 Å². The maximum atomic E-state index is 11.6. The molecule has 6 nitrogen and oxygen atoms in total. The number of nitrogens with zero attached hydrogens (tertiary/aromatic N) is 2. The average molecular weight is 242 g/mol. The summed E-state index contributed by atoms with van der Waals surface area (Å²) in [5.74, 6) is 0.960. The van der Waals surface area contributed by atoms with Crippen LogP contribution in [0.15, 0.2) is 34.9 Å². The molecule has 0 radical (unpaired) electrons. The summed E-state index contributed by atoms with van der Waals surface area (Å²) in [7, 11) is 0. The minimum atomic E-state index is -0.423. The molecule has 0 aliphatic carbocycles. The number of urea groups is 1. The molecule has 0 fully saturated rings. The molecular formula is C12H10N4O2. The van der Waals surface area contributed by atoms with Crippen LogP contribution < -0.4 is 10.6 Å². The summed E-state index contributed by atoms with van der Waals surface area (Å²) in [6, 6.07) is 9.72. The largest absolute Gasteiger partial charge is 0.360 e. The highest BCUT2D eigenvalue weighted by atomic mass is 16.5. The Morgan fingerprint density at radius 1 is 1.33 bits per heavy atom. The second-order valence-electron chi connectivity index (χ2n) is 3.59. The summed E-state index contributed by atoms with van der Waals surface area (Å²) in [6.45, 7) is 1.73. The summed E-state index contributed by atoms with van der Waals surface area (Å²) >= 11 is 0. The molecule has 0 spiro atoms. The van der Waals surface area contributed by atoms with E-state index in [1.54, 1.807) is 37.3 Å². The van der Waals surface area contributed by atoms with Gasteiger partial charge < -0.3 is 9.84 Å². The van der Waals surface area contributed by atoms with E-state index in [9.17, 15) is 4.79 Å². The number of amides is 2. The minimum absolute atomic E-state index is 0.346. The number of hydrogen-bond donors (Lipinski definition) is 2. The van der Waals surface area contributed by atoms with E-state index in [4.69, 9.17) is 9.78 Å². The van der Waals surface area contributed by atoms with E-state index in [0.29, 0.717) is 22.8 Å². The van der Waals surface area contributed by atoms with Crippen molar-refractivity contribution in [3.05, 3.63) is 41.7 Å². The zero-order chi connectivity index (χ0) is 13.0. The molecule has 0 bridgehead atoms. The topological polar surface area (TPSA) is 91.0 Å². The normalized spacial score (nSPS) is 9.56. The van der Waals surface area contributed by atoms with Gasteiger partial charge in [0.1, 0.15) is 5.76 Å². The first-order chi connectivity index (χ1) is 8.67. The van der Waals surface area contributed by atoms with E-state index in [2.05, 4.69) is 15.8 Å². The molecule has 0 saturated heterocycles. The third kappa shape index (κ3) is 2.86. The summed E-state index contributed by atoms with van der Waals surface area (Å²) in [6.07, 6.45) is 0. The molecule has 1 heterocycles. The average Bonchev–Trinajstić information content (AvgIpc) is 2.75. The second kappa shape index (κ2) is 5.01. The van der Waals surface area contributed by atoms with Crippen LogP contribution >= 0.6 is 0 Å². The fraction of sp³-hybridized carbons (Fsp3) is 0.0833. The van der Waals surface area contributed by atoms with Gasteiger partial charge in [-0.15, -0.1) is 0 Å². The Bertz CT molecular complexity index is 595. The van der Waals surface area contributed by atoms with Crippen molar-refractivity contribution in [1.82, 2.24) is 5.16 Å². The maximum absolute atomic E-state index is 11.6. The van der Waals surface area contributed by atoms with E-state index in [-0.39, 0.29) is 0 Å². The van der Waals surface area contributed by atoms with Gasteiger partial charge in [-0.2, -0.15) is 5.26 Å². The van der Waals surface area contributed by atoms with Crippen LogP contribution in [0.2, 0.25) is 0 Å². The highest BCUT2D eigenvalue weighted by Crippen LogP contribution is 2.11. The van der Waals surface area contributed by atoms with E-state index in [0.717, 1.165) is 0 Å². The molecule has 2 N–H and O–H groups in total. The maximum Gasteiger partial charge on any atom is 0.324 e. The molecule has 2 aromatic rings. The van der Waals surface area contributed by atoms with Crippen LogP contribution in [0.5, 0.6) is 0 Å². The van der Waals surface area contributed by atoms with Crippen LogP contribution in [0.4, 0.5) is 16.3 Å². The monoisotopic (exact) mass is 242 g/mol. The lowest BCUT2D eigenvalue weighted by Gasteiger charge is -2.04. The molecule has 1 aromatic carbocycles. The van der Waals surface area contributed by atoms with E-state index < -0.39 is 6.03 Å². The van der Waals surface area contributed by atoms with Gasteiger partial charge in [0, 0.05) is 11.8 Å². The number of nitrogens with one attached hydrogen (secondary N) is 2. The summed E-state index contributed by atoms with van der Waals surface area (Å²) in [5, 5.41) is 17.4. The molecule has 2 amide bonds. The highest BCUT2D eigenvalue weighted by Gasteiger charge is 2.05. The van der Waals surface area contributed by atoms with Crippen molar-refractivity contribution in [3.8, 4) is 6.07 Å². The number of aromatic nitrogens is 1. The number of aryl methyl sites for hydroxylation is 1. The molecule has 18 heavy (non-hydrogen) atoms. The molecule has 0 aliphatic heterocycles. The number of nitriles is 1. The van der Waals surface area contributed by atoms with Crippen molar-refractivity contribution in [2.24, 2.45) is 0 Å². The number of carbonyl (C=O) groups is 1. The van der Waals surface area contributed by atoms with Crippen LogP contribution in [0.3, 0.4) is 0 Å². The molecule has 2 rings (SSSR count). The first-order valence-corrected chi connectivity index (χ1v) is 5.19. The van der Waals surface area contributed by atoms with Gasteiger partial charge in [-0.3, -0.25) is 5.32 Å². The second-order valence-corrected chi connectivity index (χ2v) is 3.59. The van der Waals surface area contributed by atoms with Gasteiger partial charge in [0.05, 0.1) is 11.6 Å². The standard InChI is InChI=1S/C12H10N4O2/c1-8-6-11(16-18-8)15-12(17)14-10-4-2-9(7-13)3-5-10/h2-6H,1H3,(H2,14,15,16,17). The molecule has 0 unspecified atom stereocenters. The van der Waals surface area contributed by atoms with Gasteiger partial charge in [0.2, 0.25) is 0 Å². The number of hydrogen-bond acceptors (Lipinski definition) is 4. The quantitative estimate of drug-likeness (QED) is 0.846. The molecule has 6 heteroatoms. The lowest BCUT2D eigenvalue weighted by molar-refractivity contribution is 0.262. The van der Waals surface area contributed by atoms with Gasteiger partial charge in [-0.05, 0) is 31.2 Å². The number of rotatable bonds is 2. The Balaban J connectivity index is 1.96. The van der Waals surface area contributed by atoms with Crippen LogP contribution in [0.25, 0.3) is 0 Å². The van der Waals surface area contributed by atoms with Crippen molar-refractivity contribution < 1.29 is 9.32 Å². The SMILES string of the molecule is Cc1cc(NC(=O)Nc2ccc(C#N)cc2)no1. The summed E-state index contributed by atoms with van der Waals surface area (Å²) in [5.41, 5.74) is 1.12. The predicted octanol–water partition coefficient (Wildman–Crippen LogP) is 2.50. The molecule has 0 atom stereocenters. The fourth-order valence-electron chi connectivity index (χ4n) is 1.33. The number of benzene rings is 1. The van der Waals surface area contributed by atoms with Crippen molar-refractivity contribution >= 4 is 17.5 Å². The van der Waals surface area contributed by atoms with Crippen molar-refractivity contribution in [2.75, 3.05) is 10.6 Å². The molecule has 1 aromatic heterocycles. The molecule has 90 valence electrons. The Kier molecular flexibility index (Phi) is 3.25. The summed E-state index contributed by atoms with van der Waals surface area (Å²) in [4.78, 5) is 11.6. The first-order valence-electron chi connectivity index (χ1n) is 5.19. The fourth-order valence-corrected chi connectivity index (χ4v) is 1.33. The third-order valence-corrected chi connectivity index (χ3v) is 2.14. The van der Waals surface area contributed by atoms with Crippen molar-refractivity contribution in [2.45, 2.75) is 6.92 Å². The van der Waals surface area contributed by atoms with Crippen molar-refractivity contribution in [3.63, 3.8) is 0 Å². The summed E-state index contributed by atoms with van der Waals surface area (Å²) < 4.78 is 4.82. The zero-order valence-electron chi connectivity index (χ0n) is 9.60. The van der Waals surface area contributed by atoms with Crippen LogP contribution in [0.1, 0.15) is 11.3 Å². The number of carbonyl (C=O) groups excluding carboxylic acids is 1. The molecule has 0 saturated carbocycles. The minimum Gasteiger partial charge on any atom is -0.360 e. The zero-order valence-corrected chi connectivity index (χ0v) is 9.60. The van der Waals surface area contributed by atoms with Gasteiger partial charge in [0.15, 0.2) is 5.82 Å². The van der Waals surface area contributed by atoms with E-state index in [1.165, 1.54) is 0 Å². The Morgan fingerprint density at radius 3 is 2.61 bits per heavy atom. The van der Waals surface area contributed by atoms with Crippen LogP contribution in [0, 0.1) is 18.3 Å². The molecule has 0 aliphatic rings. The lowest BCUT2D eigenvalue weighted by atomic mass is 10.2. The predicted molar refractivity (Wildman–Crippen MR) is 65.0 cm³/mol. The third-order valence-electron chi connectivity index (χ3n) is 2.14. The van der Waals surface area contributed by atoms with E-state index >= 15 is 0 Å². The first kappa shape index (κ1) is 11.7. The van der Waals surface area contributed by atoms with Gasteiger partial charge in [0.25, 0.3) is 0 Å². The molecular weight excluding hydrogens is 232 g/mol. The van der Waals surface area contributed by atoms with Crippen molar-refractivity contribution in [1.29, 1.82) is 5.26 Å². The highest BCUT2D eigenvalue weighted by molar-refractivity contribution is 5.99. The lowest BCUT2D eigenvalue weighted by Crippen LogP contribution is -2.19. The smallest absolute Gasteiger partial charge is 0.324 e. The van der Waals surface area contributed by atoms with Crippen LogP contribution in [-0.2, 0) is 0 Å². The van der Waals surface area contributed by atoms with Crippen LogP contribution in [-0.4, -0.2) is 11.2 Å². The van der Waals surface area contributed by atoms with Gasteiger partial charge >= 0.3 is 6.03 Å².